The minimum Gasteiger partial charge on any atom is -0.495 e. The highest BCUT2D eigenvalue weighted by molar-refractivity contribution is 7.89. The lowest BCUT2D eigenvalue weighted by atomic mass is 10.2. The van der Waals surface area contributed by atoms with Crippen LogP contribution < -0.4 is 10.1 Å². The Morgan fingerprint density at radius 1 is 1.20 bits per heavy atom. The highest BCUT2D eigenvalue weighted by atomic mass is 32.2. The van der Waals surface area contributed by atoms with E-state index in [4.69, 9.17) is 4.74 Å². The predicted molar refractivity (Wildman–Crippen MR) is 90.9 cm³/mol. The smallest absolute Gasteiger partial charge is 0.303 e. The lowest BCUT2D eigenvalue weighted by Gasteiger charge is -2.26. The molecule has 1 N–H and O–H groups in total. The number of anilines is 1. The molecule has 0 bridgehead atoms. The van der Waals surface area contributed by atoms with E-state index in [1.807, 2.05) is 0 Å². The van der Waals surface area contributed by atoms with Gasteiger partial charge >= 0.3 is 5.97 Å². The summed E-state index contributed by atoms with van der Waals surface area (Å²) in [5, 5.41) is 2.51. The maximum atomic E-state index is 12.9. The van der Waals surface area contributed by atoms with Crippen molar-refractivity contribution in [1.29, 1.82) is 0 Å². The van der Waals surface area contributed by atoms with Crippen LogP contribution in [0.25, 0.3) is 0 Å². The monoisotopic (exact) mass is 370 g/mol. The van der Waals surface area contributed by atoms with Crippen LogP contribution in [0.1, 0.15) is 26.2 Å². The summed E-state index contributed by atoms with van der Waals surface area (Å²) in [4.78, 5) is 22.5. The van der Waals surface area contributed by atoms with E-state index < -0.39 is 28.5 Å². The zero-order valence-electron chi connectivity index (χ0n) is 14.3. The molecule has 0 spiro atoms. The second-order valence-electron chi connectivity index (χ2n) is 5.66. The molecule has 1 aromatic rings. The van der Waals surface area contributed by atoms with Gasteiger partial charge in [0.25, 0.3) is 5.91 Å². The SMILES string of the molecule is COc1ccc(NC(=O)COC(C)=O)cc1S(=O)(=O)N1CCCCC1. The first kappa shape index (κ1) is 19.2. The van der Waals surface area contributed by atoms with Gasteiger partial charge in [-0.2, -0.15) is 4.31 Å². The summed E-state index contributed by atoms with van der Waals surface area (Å²) in [6, 6.07) is 4.37. The van der Waals surface area contributed by atoms with Gasteiger partial charge in [0, 0.05) is 25.7 Å². The van der Waals surface area contributed by atoms with Crippen LogP contribution in [0.4, 0.5) is 5.69 Å². The third-order valence-corrected chi connectivity index (χ3v) is 5.71. The molecule has 0 atom stereocenters. The summed E-state index contributed by atoms with van der Waals surface area (Å²) in [5.41, 5.74) is 0.286. The van der Waals surface area contributed by atoms with E-state index in [1.54, 1.807) is 0 Å². The number of esters is 1. The van der Waals surface area contributed by atoms with E-state index in [9.17, 15) is 18.0 Å². The molecule has 1 aliphatic heterocycles. The fraction of sp³-hybridized carbons (Fsp3) is 0.500. The maximum absolute atomic E-state index is 12.9. The molecule has 0 unspecified atom stereocenters. The molecule has 9 heteroatoms. The summed E-state index contributed by atoms with van der Waals surface area (Å²) in [5.74, 6) is -0.913. The molecule has 1 aromatic carbocycles. The van der Waals surface area contributed by atoms with Crippen molar-refractivity contribution in [2.45, 2.75) is 31.1 Å². The van der Waals surface area contributed by atoms with E-state index in [0.29, 0.717) is 13.1 Å². The number of hydrogen-bond donors (Lipinski definition) is 1. The Morgan fingerprint density at radius 3 is 2.48 bits per heavy atom. The van der Waals surface area contributed by atoms with Gasteiger partial charge in [-0.05, 0) is 31.0 Å². The number of nitrogens with one attached hydrogen (secondary N) is 1. The van der Waals surface area contributed by atoms with Gasteiger partial charge in [-0.25, -0.2) is 8.42 Å². The van der Waals surface area contributed by atoms with Gasteiger partial charge in [-0.3, -0.25) is 9.59 Å². The summed E-state index contributed by atoms with van der Waals surface area (Å²) >= 11 is 0. The number of carbonyl (C=O) groups excluding carboxylic acids is 2. The first-order valence-electron chi connectivity index (χ1n) is 7.96. The third kappa shape index (κ3) is 4.93. The van der Waals surface area contributed by atoms with Crippen molar-refractivity contribution in [2.24, 2.45) is 0 Å². The Labute approximate surface area is 147 Å². The van der Waals surface area contributed by atoms with Crippen molar-refractivity contribution in [3.05, 3.63) is 18.2 Å². The van der Waals surface area contributed by atoms with Crippen molar-refractivity contribution in [2.75, 3.05) is 32.1 Å². The first-order chi connectivity index (χ1) is 11.8. The molecule has 1 fully saturated rings. The van der Waals surface area contributed by atoms with Crippen LogP contribution in [-0.4, -0.2) is 51.4 Å². The zero-order valence-corrected chi connectivity index (χ0v) is 15.1. The maximum Gasteiger partial charge on any atom is 0.303 e. The number of sulfonamides is 1. The molecule has 1 amide bonds. The number of methoxy groups -OCH3 is 1. The van der Waals surface area contributed by atoms with Crippen LogP contribution in [-0.2, 0) is 24.3 Å². The number of ether oxygens (including phenoxy) is 2. The Kier molecular flexibility index (Phi) is 6.38. The highest BCUT2D eigenvalue weighted by Crippen LogP contribution is 2.31. The van der Waals surface area contributed by atoms with Crippen molar-refractivity contribution in [1.82, 2.24) is 4.31 Å². The molecule has 1 saturated heterocycles. The number of piperidine rings is 1. The van der Waals surface area contributed by atoms with E-state index in [-0.39, 0.29) is 16.3 Å². The molecular formula is C16H22N2O6S. The topological polar surface area (TPSA) is 102 Å². The minimum absolute atomic E-state index is 0.00202. The summed E-state index contributed by atoms with van der Waals surface area (Å²) in [6.07, 6.45) is 2.65. The standard InChI is InChI=1S/C16H22N2O6S/c1-12(19)24-11-16(20)17-13-6-7-14(23-2)15(10-13)25(21,22)18-8-4-3-5-9-18/h6-7,10H,3-5,8-9,11H2,1-2H3,(H,17,20). The number of amides is 1. The first-order valence-corrected chi connectivity index (χ1v) is 9.40. The summed E-state index contributed by atoms with van der Waals surface area (Å²) in [7, 11) is -2.32. The summed E-state index contributed by atoms with van der Waals surface area (Å²) in [6.45, 7) is 1.70. The number of benzene rings is 1. The molecule has 0 radical (unpaired) electrons. The average molecular weight is 370 g/mol. The van der Waals surface area contributed by atoms with Crippen LogP contribution in [0.5, 0.6) is 5.75 Å². The molecule has 0 saturated carbocycles. The fourth-order valence-electron chi connectivity index (χ4n) is 2.56. The van der Waals surface area contributed by atoms with Gasteiger partial charge in [0.15, 0.2) is 6.61 Å². The molecule has 0 aliphatic carbocycles. The largest absolute Gasteiger partial charge is 0.495 e. The van der Waals surface area contributed by atoms with Crippen LogP contribution >= 0.6 is 0 Å². The molecule has 138 valence electrons. The summed E-state index contributed by atoms with van der Waals surface area (Å²) < 4.78 is 37.0. The number of rotatable bonds is 6. The Hall–Kier alpha value is -2.13. The van der Waals surface area contributed by atoms with Crippen LogP contribution in [0.2, 0.25) is 0 Å². The number of carbonyl (C=O) groups is 2. The predicted octanol–water partition coefficient (Wildman–Crippen LogP) is 1.37. The lowest BCUT2D eigenvalue weighted by Crippen LogP contribution is -2.35. The van der Waals surface area contributed by atoms with Crippen LogP contribution in [0, 0.1) is 0 Å². The molecule has 25 heavy (non-hydrogen) atoms. The van der Waals surface area contributed by atoms with E-state index in [1.165, 1.54) is 36.5 Å². The molecule has 1 aliphatic rings. The number of hydrogen-bond acceptors (Lipinski definition) is 6. The van der Waals surface area contributed by atoms with Crippen molar-refractivity contribution in [3.63, 3.8) is 0 Å². The molecule has 2 rings (SSSR count). The van der Waals surface area contributed by atoms with E-state index in [2.05, 4.69) is 10.1 Å². The second-order valence-corrected chi connectivity index (χ2v) is 7.57. The van der Waals surface area contributed by atoms with Crippen molar-refractivity contribution < 1.29 is 27.5 Å². The minimum atomic E-state index is -3.72. The normalized spacial score (nSPS) is 15.4. The van der Waals surface area contributed by atoms with Crippen molar-refractivity contribution in [3.8, 4) is 5.75 Å². The molecule has 0 aromatic heterocycles. The van der Waals surface area contributed by atoms with Crippen molar-refractivity contribution >= 4 is 27.6 Å². The highest BCUT2D eigenvalue weighted by Gasteiger charge is 2.29. The Balaban J connectivity index is 2.24. The Bertz CT molecular complexity index is 741. The zero-order chi connectivity index (χ0) is 18.4. The third-order valence-electron chi connectivity index (χ3n) is 3.79. The van der Waals surface area contributed by atoms with Gasteiger partial charge < -0.3 is 14.8 Å². The molecule has 8 nitrogen and oxygen atoms in total. The van der Waals surface area contributed by atoms with Gasteiger partial charge in [-0.15, -0.1) is 0 Å². The van der Waals surface area contributed by atoms with Crippen LogP contribution in [0.3, 0.4) is 0 Å². The fourth-order valence-corrected chi connectivity index (χ4v) is 4.26. The van der Waals surface area contributed by atoms with E-state index >= 15 is 0 Å². The molecular weight excluding hydrogens is 348 g/mol. The lowest BCUT2D eigenvalue weighted by molar-refractivity contribution is -0.144. The van der Waals surface area contributed by atoms with Gasteiger partial charge in [-0.1, -0.05) is 6.42 Å². The molecule has 1 heterocycles. The van der Waals surface area contributed by atoms with E-state index in [0.717, 1.165) is 19.3 Å². The van der Waals surface area contributed by atoms with Gasteiger partial charge in [0.05, 0.1) is 7.11 Å². The van der Waals surface area contributed by atoms with Gasteiger partial charge in [0.1, 0.15) is 10.6 Å². The average Bonchev–Trinajstić information content (AvgIpc) is 2.60. The van der Waals surface area contributed by atoms with Crippen LogP contribution in [0.15, 0.2) is 23.1 Å². The Morgan fingerprint density at radius 2 is 1.88 bits per heavy atom. The van der Waals surface area contributed by atoms with Gasteiger partial charge in [0.2, 0.25) is 10.0 Å². The quantitative estimate of drug-likeness (QED) is 0.759. The number of nitrogens with zero attached hydrogens (tertiary/aromatic N) is 1. The second kappa shape index (κ2) is 8.30.